The van der Waals surface area contributed by atoms with Gasteiger partial charge < -0.3 is 14.9 Å². The summed E-state index contributed by atoms with van der Waals surface area (Å²) in [4.78, 5) is 1.87. The molecule has 0 unspecified atom stereocenters. The molecule has 0 spiro atoms. The molecule has 0 atom stereocenters. The molecule has 0 radical (unpaired) electrons. The van der Waals surface area contributed by atoms with Gasteiger partial charge in [-0.1, -0.05) is 6.07 Å². The number of anilines is 1. The first-order valence-corrected chi connectivity index (χ1v) is 5.20. The first kappa shape index (κ1) is 9.58. The van der Waals surface area contributed by atoms with Gasteiger partial charge in [0.25, 0.3) is 0 Å². The van der Waals surface area contributed by atoms with E-state index in [1.54, 1.807) is 6.07 Å². The SMILES string of the molecule is [2H]c1ccc(N2CCN([2H])CC2)cc1OC(F)(F)F. The molecule has 94 valence electrons. The zero-order valence-electron chi connectivity index (χ0n) is 11.0. The highest BCUT2D eigenvalue weighted by atomic mass is 19.4. The first-order chi connectivity index (χ1) is 8.85. The summed E-state index contributed by atoms with van der Waals surface area (Å²) in [6.45, 7) is 2.18. The van der Waals surface area contributed by atoms with E-state index in [9.17, 15) is 13.2 Å². The number of benzene rings is 1. The van der Waals surface area contributed by atoms with E-state index in [-0.39, 0.29) is 6.04 Å². The predicted molar refractivity (Wildman–Crippen MR) is 58.2 cm³/mol. The molecule has 1 fully saturated rings. The van der Waals surface area contributed by atoms with Gasteiger partial charge in [0.2, 0.25) is 0 Å². The normalized spacial score (nSPS) is 19.8. The highest BCUT2D eigenvalue weighted by Crippen LogP contribution is 2.26. The van der Waals surface area contributed by atoms with Gasteiger partial charge in [0.15, 0.2) is 0 Å². The van der Waals surface area contributed by atoms with Crippen molar-refractivity contribution in [3.8, 4) is 5.75 Å². The van der Waals surface area contributed by atoms with Gasteiger partial charge >= 0.3 is 6.36 Å². The van der Waals surface area contributed by atoms with Crippen molar-refractivity contribution >= 4 is 5.69 Å². The maximum atomic E-state index is 12.2. The quantitative estimate of drug-likeness (QED) is 0.866. The first-order valence-electron chi connectivity index (χ1n) is 6.15. The van der Waals surface area contributed by atoms with Crippen molar-refractivity contribution in [3.05, 3.63) is 24.2 Å². The van der Waals surface area contributed by atoms with Crippen LogP contribution in [0, 0.1) is 0 Å². The summed E-state index contributed by atoms with van der Waals surface area (Å²) < 4.78 is 55.2. The Morgan fingerprint density at radius 1 is 1.41 bits per heavy atom. The fourth-order valence-electron chi connectivity index (χ4n) is 1.68. The maximum absolute atomic E-state index is 12.2. The summed E-state index contributed by atoms with van der Waals surface area (Å²) in [5, 5.41) is 1.41. The molecule has 2 rings (SSSR count). The Kier molecular flexibility index (Phi) is 2.72. The van der Waals surface area contributed by atoms with Crippen molar-refractivity contribution < 1.29 is 20.7 Å². The Hall–Kier alpha value is -1.43. The summed E-state index contributed by atoms with van der Waals surface area (Å²) in [5.74, 6) is -0.502. The number of hydrogen-bond acceptors (Lipinski definition) is 3. The van der Waals surface area contributed by atoms with Gasteiger partial charge in [-0.05, 0) is 12.1 Å². The molecule has 17 heavy (non-hydrogen) atoms. The highest BCUT2D eigenvalue weighted by molar-refractivity contribution is 5.51. The highest BCUT2D eigenvalue weighted by Gasteiger charge is 2.31. The van der Waals surface area contributed by atoms with E-state index in [0.717, 1.165) is 0 Å². The molecule has 1 saturated heterocycles. The van der Waals surface area contributed by atoms with Gasteiger partial charge in [-0.3, -0.25) is 0 Å². The lowest BCUT2D eigenvalue weighted by Crippen LogP contribution is -2.43. The summed E-state index contributed by atoms with van der Waals surface area (Å²) in [6.07, 6.45) is -4.80. The smallest absolute Gasteiger partial charge is 0.406 e. The minimum absolute atomic E-state index is 0.305. The molecule has 3 nitrogen and oxygen atoms in total. The molecule has 1 aliphatic heterocycles. The second-order valence-electron chi connectivity index (χ2n) is 3.62. The summed E-state index contributed by atoms with van der Waals surface area (Å²) >= 11 is 0. The van der Waals surface area contributed by atoms with Crippen LogP contribution in [0.15, 0.2) is 24.2 Å². The molecule has 1 aromatic rings. The van der Waals surface area contributed by atoms with Crippen LogP contribution in [0.5, 0.6) is 5.75 Å². The van der Waals surface area contributed by atoms with Gasteiger partial charge in [-0.25, -0.2) is 0 Å². The van der Waals surface area contributed by atoms with Crippen LogP contribution < -0.4 is 14.9 Å². The van der Waals surface area contributed by atoms with E-state index >= 15 is 0 Å². The molecule has 6 heteroatoms. The van der Waals surface area contributed by atoms with Gasteiger partial charge in [0.1, 0.15) is 7.16 Å². The number of rotatable bonds is 2. The Labute approximate surface area is 100 Å². The van der Waals surface area contributed by atoms with Crippen LogP contribution in [0.25, 0.3) is 0 Å². The molecule has 0 aromatic heterocycles. The van der Waals surface area contributed by atoms with E-state index in [0.29, 0.717) is 31.9 Å². The van der Waals surface area contributed by atoms with Crippen LogP contribution in [0.1, 0.15) is 1.37 Å². The standard InChI is InChI=1S/C11H13F3N2O/c12-11(13,14)17-10-3-1-2-9(8-10)16-6-4-15-5-7-16/h1-3,8,15H,4-7H2/i3D/hD. The van der Waals surface area contributed by atoms with Crippen LogP contribution in [-0.2, 0) is 0 Å². The zero-order valence-corrected chi connectivity index (χ0v) is 9.00. The number of ether oxygens (including phenoxy) is 1. The van der Waals surface area contributed by atoms with Crippen LogP contribution in [-0.4, -0.2) is 32.5 Å². The number of halogens is 3. The number of piperazine rings is 1. The van der Waals surface area contributed by atoms with E-state index < -0.39 is 12.1 Å². The molecular formula is C11H13F3N2O. The van der Waals surface area contributed by atoms with Gasteiger partial charge in [-0.15, -0.1) is 13.2 Å². The molecule has 1 aromatic carbocycles. The Morgan fingerprint density at radius 2 is 2.12 bits per heavy atom. The van der Waals surface area contributed by atoms with E-state index in [1.807, 2.05) is 4.90 Å². The molecule has 1 N–H and O–H groups in total. The number of nitrogens with one attached hydrogen (secondary N) is 1. The third-order valence-corrected chi connectivity index (χ3v) is 2.41. The van der Waals surface area contributed by atoms with Crippen molar-refractivity contribution in [3.63, 3.8) is 0 Å². The predicted octanol–water partition coefficient (Wildman–Crippen LogP) is 1.99. The number of nitrogens with zero attached hydrogens (tertiary/aromatic N) is 1. The Balaban J connectivity index is 2.16. The largest absolute Gasteiger partial charge is 0.573 e. The van der Waals surface area contributed by atoms with E-state index in [2.05, 4.69) is 4.74 Å². The van der Waals surface area contributed by atoms with Crippen molar-refractivity contribution in [2.24, 2.45) is 0 Å². The summed E-state index contributed by atoms with van der Waals surface area (Å²) in [7, 11) is 0. The molecule has 0 amide bonds. The van der Waals surface area contributed by atoms with Crippen LogP contribution in [0.4, 0.5) is 18.9 Å². The summed E-state index contributed by atoms with van der Waals surface area (Å²) in [6, 6.07) is 3.78. The maximum Gasteiger partial charge on any atom is 0.573 e. The van der Waals surface area contributed by atoms with E-state index in [1.165, 1.54) is 17.4 Å². The van der Waals surface area contributed by atoms with Crippen LogP contribution in [0.3, 0.4) is 0 Å². The molecule has 1 heterocycles. The topological polar surface area (TPSA) is 24.5 Å². The lowest BCUT2D eigenvalue weighted by Gasteiger charge is -2.29. The van der Waals surface area contributed by atoms with Gasteiger partial charge in [-0.2, -0.15) is 0 Å². The number of hydrogen-bond donors (Lipinski definition) is 1. The third kappa shape index (κ3) is 3.52. The minimum atomic E-state index is -4.80. The van der Waals surface area contributed by atoms with Crippen molar-refractivity contribution in [1.82, 2.24) is 5.31 Å². The number of alkyl halides is 3. The fourth-order valence-corrected chi connectivity index (χ4v) is 1.68. The zero-order chi connectivity index (χ0) is 14.0. The molecule has 0 bridgehead atoms. The third-order valence-electron chi connectivity index (χ3n) is 2.41. The second-order valence-corrected chi connectivity index (χ2v) is 3.62. The lowest BCUT2D eigenvalue weighted by atomic mass is 10.2. The minimum Gasteiger partial charge on any atom is -0.406 e. The van der Waals surface area contributed by atoms with Crippen molar-refractivity contribution in [1.29, 1.82) is 0 Å². The Morgan fingerprint density at radius 3 is 2.76 bits per heavy atom. The second kappa shape index (κ2) is 4.83. The van der Waals surface area contributed by atoms with Crippen LogP contribution in [0.2, 0.25) is 1.41 Å². The molecule has 0 aliphatic carbocycles. The fraction of sp³-hybridized carbons (Fsp3) is 0.455. The monoisotopic (exact) mass is 248 g/mol. The molecule has 1 aliphatic rings. The van der Waals surface area contributed by atoms with Crippen molar-refractivity contribution in [2.75, 3.05) is 31.1 Å². The molecule has 0 saturated carbocycles. The summed E-state index contributed by atoms with van der Waals surface area (Å²) in [5.41, 5.74) is 0.573. The van der Waals surface area contributed by atoms with Crippen molar-refractivity contribution in [2.45, 2.75) is 6.36 Å². The molecular weight excluding hydrogens is 233 g/mol. The van der Waals surface area contributed by atoms with Gasteiger partial charge in [0, 0.05) is 37.9 Å². The average Bonchev–Trinajstić information content (AvgIpc) is 2.31. The van der Waals surface area contributed by atoms with Crippen LogP contribution >= 0.6 is 0 Å². The lowest BCUT2D eigenvalue weighted by molar-refractivity contribution is -0.274. The average molecular weight is 248 g/mol. The Bertz CT molecular complexity index is 448. The van der Waals surface area contributed by atoms with E-state index in [4.69, 9.17) is 2.78 Å². The van der Waals surface area contributed by atoms with Gasteiger partial charge in [0.05, 0.1) is 1.37 Å².